The van der Waals surface area contributed by atoms with E-state index in [1.165, 1.54) is 0 Å². The van der Waals surface area contributed by atoms with Crippen LogP contribution in [0, 0.1) is 0 Å². The van der Waals surface area contributed by atoms with Crippen LogP contribution in [-0.2, 0) is 9.84 Å². The minimum Gasteiger partial charge on any atom is -0.301 e. The van der Waals surface area contributed by atoms with Crippen molar-refractivity contribution < 1.29 is 8.42 Å². The van der Waals surface area contributed by atoms with E-state index in [1.54, 1.807) is 31.2 Å². The molecule has 5 nitrogen and oxygen atoms in total. The summed E-state index contributed by atoms with van der Waals surface area (Å²) in [4.78, 5) is 2.86. The minimum atomic E-state index is -3.17. The van der Waals surface area contributed by atoms with Crippen LogP contribution in [0.3, 0.4) is 0 Å². The molecule has 2 aromatic rings. The number of aromatic nitrogens is 2. The largest absolute Gasteiger partial charge is 0.301 e. The number of hydrogen-bond donors (Lipinski definition) is 0. The maximum atomic E-state index is 11.9. The standard InChI is InChI=1S/C20H27N3O2S/c1-4-26(24,25)18-7-5-16(6-8-18)19-9-10-20(22-21-19)17-11-13-23(14-12-17)15(2)3/h5-10,15,17H,4,11-14H2,1-3H3. The summed E-state index contributed by atoms with van der Waals surface area (Å²) in [5, 5.41) is 8.83. The molecule has 140 valence electrons. The highest BCUT2D eigenvalue weighted by Gasteiger charge is 2.23. The number of piperidine rings is 1. The topological polar surface area (TPSA) is 63.2 Å². The normalized spacial score (nSPS) is 16.9. The molecule has 1 aliphatic rings. The predicted octanol–water partition coefficient (Wildman–Crippen LogP) is 3.53. The van der Waals surface area contributed by atoms with Crippen LogP contribution in [0.15, 0.2) is 41.3 Å². The van der Waals surface area contributed by atoms with Gasteiger partial charge in [0.2, 0.25) is 0 Å². The van der Waals surface area contributed by atoms with E-state index in [0.29, 0.717) is 16.9 Å². The maximum absolute atomic E-state index is 11.9. The number of hydrogen-bond acceptors (Lipinski definition) is 5. The van der Waals surface area contributed by atoms with Crippen LogP contribution in [0.2, 0.25) is 0 Å². The van der Waals surface area contributed by atoms with Crippen molar-refractivity contribution in [1.29, 1.82) is 0 Å². The molecule has 1 aromatic carbocycles. The molecule has 0 radical (unpaired) electrons. The van der Waals surface area contributed by atoms with Gasteiger partial charge in [0.05, 0.1) is 22.0 Å². The van der Waals surface area contributed by atoms with Crippen molar-refractivity contribution in [2.24, 2.45) is 0 Å². The molecule has 0 spiro atoms. The SMILES string of the molecule is CCS(=O)(=O)c1ccc(-c2ccc(C3CCN(C(C)C)CC3)nn2)cc1. The first-order chi connectivity index (χ1) is 12.4. The molecule has 6 heteroatoms. The lowest BCUT2D eigenvalue weighted by molar-refractivity contribution is 0.170. The van der Waals surface area contributed by atoms with Crippen molar-refractivity contribution in [3.8, 4) is 11.3 Å². The molecule has 1 saturated heterocycles. The summed E-state index contributed by atoms with van der Waals surface area (Å²) in [7, 11) is -3.17. The summed E-state index contributed by atoms with van der Waals surface area (Å²) in [5.74, 6) is 0.583. The van der Waals surface area contributed by atoms with E-state index in [4.69, 9.17) is 0 Å². The van der Waals surface area contributed by atoms with Gasteiger partial charge in [0.15, 0.2) is 9.84 Å². The minimum absolute atomic E-state index is 0.108. The zero-order valence-electron chi connectivity index (χ0n) is 15.7. The lowest BCUT2D eigenvalue weighted by atomic mass is 9.92. The van der Waals surface area contributed by atoms with E-state index in [1.807, 2.05) is 6.07 Å². The Morgan fingerprint density at radius 3 is 2.19 bits per heavy atom. The first-order valence-electron chi connectivity index (χ1n) is 9.31. The van der Waals surface area contributed by atoms with Crippen LogP contribution in [-0.4, -0.2) is 48.4 Å². The highest BCUT2D eigenvalue weighted by atomic mass is 32.2. The molecular formula is C20H27N3O2S. The van der Waals surface area contributed by atoms with Crippen molar-refractivity contribution in [1.82, 2.24) is 15.1 Å². The van der Waals surface area contributed by atoms with E-state index in [0.717, 1.165) is 42.9 Å². The van der Waals surface area contributed by atoms with Gasteiger partial charge in [-0.15, -0.1) is 0 Å². The van der Waals surface area contributed by atoms with Crippen molar-refractivity contribution in [2.75, 3.05) is 18.8 Å². The van der Waals surface area contributed by atoms with Gasteiger partial charge in [0.25, 0.3) is 0 Å². The van der Waals surface area contributed by atoms with Gasteiger partial charge in [-0.2, -0.15) is 10.2 Å². The molecule has 26 heavy (non-hydrogen) atoms. The Morgan fingerprint density at radius 1 is 1.04 bits per heavy atom. The van der Waals surface area contributed by atoms with Gasteiger partial charge in [0.1, 0.15) is 0 Å². The molecule has 0 atom stereocenters. The quantitative estimate of drug-likeness (QED) is 0.802. The van der Waals surface area contributed by atoms with Gasteiger partial charge in [-0.1, -0.05) is 19.1 Å². The van der Waals surface area contributed by atoms with Crippen LogP contribution in [0.25, 0.3) is 11.3 Å². The summed E-state index contributed by atoms with van der Waals surface area (Å²) in [6, 6.07) is 11.5. The van der Waals surface area contributed by atoms with Gasteiger partial charge < -0.3 is 4.90 Å². The highest BCUT2D eigenvalue weighted by molar-refractivity contribution is 7.91. The fourth-order valence-electron chi connectivity index (χ4n) is 3.43. The number of benzene rings is 1. The Morgan fingerprint density at radius 2 is 1.69 bits per heavy atom. The van der Waals surface area contributed by atoms with Crippen molar-refractivity contribution in [3.63, 3.8) is 0 Å². The molecule has 2 heterocycles. The average molecular weight is 374 g/mol. The monoisotopic (exact) mass is 373 g/mol. The van der Waals surface area contributed by atoms with Gasteiger partial charge in [0, 0.05) is 17.5 Å². The van der Waals surface area contributed by atoms with E-state index < -0.39 is 9.84 Å². The Balaban J connectivity index is 1.70. The molecule has 0 amide bonds. The molecule has 0 N–H and O–H groups in total. The molecule has 0 aliphatic carbocycles. The fraction of sp³-hybridized carbons (Fsp3) is 0.500. The molecular weight excluding hydrogens is 346 g/mol. The van der Waals surface area contributed by atoms with Crippen molar-refractivity contribution in [2.45, 2.75) is 50.5 Å². The lowest BCUT2D eigenvalue weighted by Crippen LogP contribution is -2.38. The molecule has 1 aliphatic heterocycles. The Kier molecular flexibility index (Phi) is 5.73. The van der Waals surface area contributed by atoms with E-state index in [-0.39, 0.29) is 5.75 Å². The molecule has 1 aromatic heterocycles. The molecule has 1 fully saturated rings. The maximum Gasteiger partial charge on any atom is 0.178 e. The number of rotatable bonds is 5. The third-order valence-electron chi connectivity index (χ3n) is 5.25. The Hall–Kier alpha value is -1.79. The average Bonchev–Trinajstić information content (AvgIpc) is 2.68. The summed E-state index contributed by atoms with van der Waals surface area (Å²) < 4.78 is 23.8. The Bertz CT molecular complexity index is 822. The summed E-state index contributed by atoms with van der Waals surface area (Å²) in [6.07, 6.45) is 2.24. The smallest absolute Gasteiger partial charge is 0.178 e. The van der Waals surface area contributed by atoms with Gasteiger partial charge in [-0.25, -0.2) is 8.42 Å². The second-order valence-electron chi connectivity index (χ2n) is 7.18. The molecule has 0 unspecified atom stereocenters. The van der Waals surface area contributed by atoms with E-state index >= 15 is 0 Å². The second-order valence-corrected chi connectivity index (χ2v) is 9.45. The van der Waals surface area contributed by atoms with Gasteiger partial charge in [-0.05, 0) is 64.0 Å². The van der Waals surface area contributed by atoms with E-state index in [2.05, 4.69) is 35.0 Å². The van der Waals surface area contributed by atoms with Crippen LogP contribution >= 0.6 is 0 Å². The van der Waals surface area contributed by atoms with Crippen LogP contribution in [0.4, 0.5) is 0 Å². The fourth-order valence-corrected chi connectivity index (χ4v) is 4.31. The predicted molar refractivity (Wildman–Crippen MR) is 104 cm³/mol. The summed E-state index contributed by atoms with van der Waals surface area (Å²) in [5.41, 5.74) is 2.71. The third kappa shape index (κ3) is 4.13. The number of nitrogens with zero attached hydrogens (tertiary/aromatic N) is 3. The third-order valence-corrected chi connectivity index (χ3v) is 7.00. The number of likely N-dealkylation sites (tertiary alicyclic amines) is 1. The van der Waals surface area contributed by atoms with Gasteiger partial charge >= 0.3 is 0 Å². The van der Waals surface area contributed by atoms with Crippen LogP contribution in [0.1, 0.15) is 45.2 Å². The van der Waals surface area contributed by atoms with Crippen LogP contribution < -0.4 is 0 Å². The van der Waals surface area contributed by atoms with Crippen molar-refractivity contribution in [3.05, 3.63) is 42.1 Å². The zero-order chi connectivity index (χ0) is 18.7. The highest BCUT2D eigenvalue weighted by Crippen LogP contribution is 2.28. The Labute approximate surface area is 156 Å². The van der Waals surface area contributed by atoms with Gasteiger partial charge in [-0.3, -0.25) is 0 Å². The van der Waals surface area contributed by atoms with Crippen molar-refractivity contribution >= 4 is 9.84 Å². The van der Waals surface area contributed by atoms with Crippen LogP contribution in [0.5, 0.6) is 0 Å². The summed E-state index contributed by atoms with van der Waals surface area (Å²) >= 11 is 0. The summed E-state index contributed by atoms with van der Waals surface area (Å²) in [6.45, 7) is 8.36. The number of sulfone groups is 1. The van der Waals surface area contributed by atoms with E-state index in [9.17, 15) is 8.42 Å². The second kappa shape index (κ2) is 7.84. The molecule has 3 rings (SSSR count). The molecule has 0 bridgehead atoms. The first kappa shape index (κ1) is 19.0. The lowest BCUT2D eigenvalue weighted by Gasteiger charge is -2.34. The first-order valence-corrected chi connectivity index (χ1v) is 11.0. The molecule has 0 saturated carbocycles. The zero-order valence-corrected chi connectivity index (χ0v) is 16.5.